The molecule has 0 bridgehead atoms. The first-order valence-corrected chi connectivity index (χ1v) is 8.66. The van der Waals surface area contributed by atoms with E-state index in [0.717, 1.165) is 24.3 Å². The second kappa shape index (κ2) is 7.42. The molecule has 2 aromatic rings. The van der Waals surface area contributed by atoms with E-state index in [1.54, 1.807) is 14.2 Å². The highest BCUT2D eigenvalue weighted by atomic mass is 16.5. The first kappa shape index (κ1) is 17.7. The Bertz CT molecular complexity index is 675. The summed E-state index contributed by atoms with van der Waals surface area (Å²) in [5.74, 6) is 1.40. The van der Waals surface area contributed by atoms with Crippen LogP contribution in [-0.4, -0.2) is 42.3 Å². The minimum Gasteiger partial charge on any atom is -0.497 e. The van der Waals surface area contributed by atoms with Crippen LogP contribution in [0.2, 0.25) is 0 Å². The highest BCUT2D eigenvalue weighted by Crippen LogP contribution is 2.38. The van der Waals surface area contributed by atoms with Gasteiger partial charge in [-0.25, -0.2) is 0 Å². The monoisotopic (exact) mass is 342 g/mol. The number of likely N-dealkylation sites (tertiary alicyclic amines) is 1. The maximum Gasteiger partial charge on any atom is 0.122 e. The Labute approximate surface area is 149 Å². The van der Waals surface area contributed by atoms with Gasteiger partial charge in [0.05, 0.1) is 25.5 Å². The number of hydrogen-bond acceptors (Lipinski definition) is 5. The maximum atomic E-state index is 11.2. The van der Waals surface area contributed by atoms with Crippen molar-refractivity contribution >= 4 is 0 Å². The van der Waals surface area contributed by atoms with Gasteiger partial charge >= 0.3 is 0 Å². The molecule has 1 aliphatic rings. The van der Waals surface area contributed by atoms with Crippen molar-refractivity contribution in [2.75, 3.05) is 27.3 Å². The van der Waals surface area contributed by atoms with E-state index in [1.165, 1.54) is 0 Å². The Balaban J connectivity index is 1.74. The van der Waals surface area contributed by atoms with Gasteiger partial charge in [0.15, 0.2) is 0 Å². The minimum absolute atomic E-state index is 0.241. The van der Waals surface area contributed by atoms with Crippen LogP contribution in [0.4, 0.5) is 0 Å². The van der Waals surface area contributed by atoms with Crippen molar-refractivity contribution in [3.8, 4) is 11.5 Å². The van der Waals surface area contributed by atoms with Crippen molar-refractivity contribution in [1.29, 1.82) is 0 Å². The Morgan fingerprint density at radius 3 is 2.24 bits per heavy atom. The number of aliphatic hydroxyl groups is 1. The Hall–Kier alpha value is -2.11. The van der Waals surface area contributed by atoms with Crippen LogP contribution in [0.25, 0.3) is 0 Å². The fourth-order valence-corrected chi connectivity index (χ4v) is 3.46. The molecule has 1 aromatic heterocycles. The van der Waals surface area contributed by atoms with E-state index < -0.39 is 5.60 Å². The zero-order chi connectivity index (χ0) is 17.9. The number of ether oxygens (including phenoxy) is 2. The molecule has 134 valence electrons. The molecule has 0 amide bonds. The van der Waals surface area contributed by atoms with E-state index in [2.05, 4.69) is 22.9 Å². The van der Waals surface area contributed by atoms with Crippen LogP contribution in [0.1, 0.15) is 37.1 Å². The number of hydrogen-bond donors (Lipinski definition) is 1. The molecule has 0 radical (unpaired) electrons. The average molecular weight is 342 g/mol. The molecule has 5 nitrogen and oxygen atoms in total. The number of methoxy groups -OCH3 is 2. The third kappa shape index (κ3) is 3.78. The Kier molecular flexibility index (Phi) is 5.25. The van der Waals surface area contributed by atoms with Crippen LogP contribution >= 0.6 is 0 Å². The molecule has 1 fully saturated rings. The summed E-state index contributed by atoms with van der Waals surface area (Å²) in [6.07, 6.45) is 3.16. The molecule has 25 heavy (non-hydrogen) atoms. The number of benzene rings is 1. The van der Waals surface area contributed by atoms with E-state index in [1.807, 2.05) is 36.5 Å². The molecule has 1 aliphatic heterocycles. The van der Waals surface area contributed by atoms with Gasteiger partial charge in [-0.2, -0.15) is 0 Å². The summed E-state index contributed by atoms with van der Waals surface area (Å²) >= 11 is 0. The van der Waals surface area contributed by atoms with Crippen molar-refractivity contribution in [3.05, 3.63) is 53.9 Å². The van der Waals surface area contributed by atoms with Gasteiger partial charge in [-0.3, -0.25) is 9.88 Å². The highest BCUT2D eigenvalue weighted by molar-refractivity contribution is 5.41. The SMILES string of the molecule is COc1cc(OC)cc(C2(O)CCN(C(C)c3ccccn3)CC2)c1. The van der Waals surface area contributed by atoms with Gasteiger partial charge in [0.2, 0.25) is 0 Å². The van der Waals surface area contributed by atoms with Gasteiger partial charge < -0.3 is 14.6 Å². The fourth-order valence-electron chi connectivity index (χ4n) is 3.46. The summed E-state index contributed by atoms with van der Waals surface area (Å²) in [5, 5.41) is 11.2. The fraction of sp³-hybridized carbons (Fsp3) is 0.450. The standard InChI is InChI=1S/C20H26N2O3/c1-15(19-6-4-5-9-21-19)22-10-7-20(23,8-11-22)16-12-17(24-2)14-18(13-16)25-3/h4-6,9,12-15,23H,7-8,10-11H2,1-3H3. The van der Waals surface area contributed by atoms with Gasteiger partial charge in [-0.15, -0.1) is 0 Å². The maximum absolute atomic E-state index is 11.2. The van der Waals surface area contributed by atoms with E-state index in [9.17, 15) is 5.11 Å². The van der Waals surface area contributed by atoms with Crippen molar-refractivity contribution in [3.63, 3.8) is 0 Å². The molecule has 2 heterocycles. The lowest BCUT2D eigenvalue weighted by Crippen LogP contribution is -2.43. The van der Waals surface area contributed by atoms with Crippen molar-refractivity contribution in [2.24, 2.45) is 0 Å². The number of nitrogens with zero attached hydrogens (tertiary/aromatic N) is 2. The van der Waals surface area contributed by atoms with Crippen LogP contribution in [0, 0.1) is 0 Å². The van der Waals surface area contributed by atoms with E-state index >= 15 is 0 Å². The summed E-state index contributed by atoms with van der Waals surface area (Å²) in [6.45, 7) is 3.79. The molecular formula is C20H26N2O3. The second-order valence-corrected chi connectivity index (χ2v) is 6.60. The van der Waals surface area contributed by atoms with Gasteiger partial charge in [0.25, 0.3) is 0 Å². The van der Waals surface area contributed by atoms with Gasteiger partial charge in [0.1, 0.15) is 11.5 Å². The molecular weight excluding hydrogens is 316 g/mol. The van der Waals surface area contributed by atoms with Crippen LogP contribution in [0.5, 0.6) is 11.5 Å². The number of rotatable bonds is 5. The molecule has 3 rings (SSSR count). The molecule has 1 atom stereocenters. The number of pyridine rings is 1. The van der Waals surface area contributed by atoms with Crippen LogP contribution in [0.15, 0.2) is 42.6 Å². The first-order valence-electron chi connectivity index (χ1n) is 8.66. The molecule has 1 saturated heterocycles. The lowest BCUT2D eigenvalue weighted by atomic mass is 9.83. The smallest absolute Gasteiger partial charge is 0.122 e. The summed E-state index contributed by atoms with van der Waals surface area (Å²) < 4.78 is 10.7. The zero-order valence-electron chi connectivity index (χ0n) is 15.1. The average Bonchev–Trinajstić information content (AvgIpc) is 2.68. The van der Waals surface area contributed by atoms with Gasteiger partial charge in [0, 0.05) is 31.4 Å². The minimum atomic E-state index is -0.859. The summed E-state index contributed by atoms with van der Waals surface area (Å²) in [4.78, 5) is 6.83. The molecule has 1 unspecified atom stereocenters. The van der Waals surface area contributed by atoms with Crippen molar-refractivity contribution < 1.29 is 14.6 Å². The largest absolute Gasteiger partial charge is 0.497 e. The van der Waals surface area contributed by atoms with Crippen molar-refractivity contribution in [1.82, 2.24) is 9.88 Å². The first-order chi connectivity index (χ1) is 12.1. The molecule has 1 aromatic carbocycles. The number of piperidine rings is 1. The molecule has 0 aliphatic carbocycles. The zero-order valence-corrected chi connectivity index (χ0v) is 15.1. The predicted molar refractivity (Wildman–Crippen MR) is 96.9 cm³/mol. The molecule has 5 heteroatoms. The van der Waals surface area contributed by atoms with E-state index in [4.69, 9.17) is 9.47 Å². The van der Waals surface area contributed by atoms with E-state index in [-0.39, 0.29) is 6.04 Å². The third-order valence-corrected chi connectivity index (χ3v) is 5.18. The Morgan fingerprint density at radius 2 is 1.72 bits per heavy atom. The Morgan fingerprint density at radius 1 is 1.08 bits per heavy atom. The second-order valence-electron chi connectivity index (χ2n) is 6.60. The van der Waals surface area contributed by atoms with Crippen LogP contribution in [-0.2, 0) is 5.60 Å². The summed E-state index contributed by atoms with van der Waals surface area (Å²) in [6, 6.07) is 11.9. The summed E-state index contributed by atoms with van der Waals surface area (Å²) in [5.41, 5.74) is 1.06. The van der Waals surface area contributed by atoms with Gasteiger partial charge in [-0.1, -0.05) is 6.07 Å². The van der Waals surface area contributed by atoms with E-state index in [0.29, 0.717) is 24.3 Å². The van der Waals surface area contributed by atoms with Crippen LogP contribution < -0.4 is 9.47 Å². The van der Waals surface area contributed by atoms with Crippen LogP contribution in [0.3, 0.4) is 0 Å². The molecule has 1 N–H and O–H groups in total. The normalized spacial score (nSPS) is 18.6. The lowest BCUT2D eigenvalue weighted by Gasteiger charge is -2.41. The number of aromatic nitrogens is 1. The molecule has 0 spiro atoms. The molecule has 0 saturated carbocycles. The summed E-state index contributed by atoms with van der Waals surface area (Å²) in [7, 11) is 3.25. The lowest BCUT2D eigenvalue weighted by molar-refractivity contribution is -0.0350. The van der Waals surface area contributed by atoms with Crippen molar-refractivity contribution in [2.45, 2.75) is 31.4 Å². The predicted octanol–water partition coefficient (Wildman–Crippen LogP) is 3.14. The highest BCUT2D eigenvalue weighted by Gasteiger charge is 2.36. The topological polar surface area (TPSA) is 54.8 Å². The van der Waals surface area contributed by atoms with Gasteiger partial charge in [-0.05, 0) is 49.6 Å². The quantitative estimate of drug-likeness (QED) is 0.905. The third-order valence-electron chi connectivity index (χ3n) is 5.18.